The van der Waals surface area contributed by atoms with Gasteiger partial charge in [0.15, 0.2) is 17.4 Å². The lowest BCUT2D eigenvalue weighted by atomic mass is 10.1. The minimum atomic E-state index is -0.850. The predicted molar refractivity (Wildman–Crippen MR) is 124 cm³/mol. The van der Waals surface area contributed by atoms with E-state index in [1.165, 1.54) is 11.7 Å². The Bertz CT molecular complexity index is 1400. The van der Waals surface area contributed by atoms with Crippen LogP contribution in [-0.4, -0.2) is 63.5 Å². The number of carbonyl (C=O) groups is 1. The normalized spacial score (nSPS) is 16.5. The Hall–Kier alpha value is -3.79. The number of piperazine rings is 1. The average Bonchev–Trinajstić information content (AvgIpc) is 3.20. The third-order valence-corrected chi connectivity index (χ3v) is 5.92. The summed E-state index contributed by atoms with van der Waals surface area (Å²) < 4.78 is 16.3. The summed E-state index contributed by atoms with van der Waals surface area (Å²) in [5.74, 6) is -1.78. The van der Waals surface area contributed by atoms with E-state index in [0.717, 1.165) is 25.3 Å². The number of aromatic hydroxyl groups is 1. The highest BCUT2D eigenvalue weighted by Crippen LogP contribution is 2.36. The Morgan fingerprint density at radius 2 is 2.12 bits per heavy atom. The van der Waals surface area contributed by atoms with Crippen molar-refractivity contribution in [1.82, 2.24) is 30.4 Å². The van der Waals surface area contributed by atoms with E-state index in [9.17, 15) is 14.3 Å². The standard InChI is InChI=1S/C23H24FN7O2/c1-12-10-31(7-6-26-12)14-4-5-17-15(9-14)20(23(33)25-2)28-22(27-17)16-8-13-11-30(3)29-19(13)18(24)21(16)32/h4-5,8-9,11-12,26,32H,6-7,10H2,1-3H3,(H,25,33). The largest absolute Gasteiger partial charge is 0.504 e. The summed E-state index contributed by atoms with van der Waals surface area (Å²) in [6.45, 7) is 4.70. The van der Waals surface area contributed by atoms with Gasteiger partial charge in [-0.1, -0.05) is 0 Å². The van der Waals surface area contributed by atoms with Gasteiger partial charge in [-0.3, -0.25) is 9.48 Å². The Kier molecular flexibility index (Phi) is 5.09. The second-order valence-corrected chi connectivity index (χ2v) is 8.30. The lowest BCUT2D eigenvalue weighted by molar-refractivity contribution is 0.0960. The van der Waals surface area contributed by atoms with Crippen LogP contribution in [0.2, 0.25) is 0 Å². The van der Waals surface area contributed by atoms with Crippen LogP contribution in [0, 0.1) is 5.82 Å². The van der Waals surface area contributed by atoms with Crippen LogP contribution in [0.3, 0.4) is 0 Å². The van der Waals surface area contributed by atoms with Crippen LogP contribution < -0.4 is 15.5 Å². The van der Waals surface area contributed by atoms with Crippen molar-refractivity contribution in [2.75, 3.05) is 31.6 Å². The van der Waals surface area contributed by atoms with Gasteiger partial charge in [-0.2, -0.15) is 5.10 Å². The maximum absolute atomic E-state index is 14.8. The Morgan fingerprint density at radius 3 is 2.88 bits per heavy atom. The number of phenols is 1. The van der Waals surface area contributed by atoms with Crippen LogP contribution >= 0.6 is 0 Å². The van der Waals surface area contributed by atoms with Crippen molar-refractivity contribution in [3.63, 3.8) is 0 Å². The number of benzene rings is 2. The van der Waals surface area contributed by atoms with Crippen LogP contribution in [0.25, 0.3) is 33.2 Å². The molecule has 2 aromatic heterocycles. The topological polar surface area (TPSA) is 108 Å². The Balaban J connectivity index is 1.69. The van der Waals surface area contributed by atoms with Crippen LogP contribution in [0.15, 0.2) is 30.5 Å². The number of aryl methyl sites for hydroxylation is 1. The molecule has 1 atom stereocenters. The smallest absolute Gasteiger partial charge is 0.270 e. The predicted octanol–water partition coefficient (Wildman–Crippen LogP) is 2.19. The fourth-order valence-corrected chi connectivity index (χ4v) is 4.30. The van der Waals surface area contributed by atoms with Crippen molar-refractivity contribution >= 4 is 33.4 Å². The zero-order valence-corrected chi connectivity index (χ0v) is 18.6. The maximum atomic E-state index is 14.8. The zero-order valence-electron chi connectivity index (χ0n) is 18.6. The number of nitrogens with zero attached hydrogens (tertiary/aromatic N) is 5. The van der Waals surface area contributed by atoms with Crippen molar-refractivity contribution < 1.29 is 14.3 Å². The van der Waals surface area contributed by atoms with Gasteiger partial charge in [-0.25, -0.2) is 14.4 Å². The number of amides is 1. The first-order valence-corrected chi connectivity index (χ1v) is 10.7. The molecule has 1 amide bonds. The van der Waals surface area contributed by atoms with Crippen molar-refractivity contribution in [1.29, 1.82) is 0 Å². The highest BCUT2D eigenvalue weighted by molar-refractivity contribution is 6.05. The molecule has 0 spiro atoms. The molecule has 3 heterocycles. The Morgan fingerprint density at radius 1 is 1.30 bits per heavy atom. The molecule has 3 N–H and O–H groups in total. The number of fused-ring (bicyclic) bond motifs is 2. The summed E-state index contributed by atoms with van der Waals surface area (Å²) in [5, 5.41) is 21.7. The molecule has 0 radical (unpaired) electrons. The van der Waals surface area contributed by atoms with Gasteiger partial charge in [0.25, 0.3) is 5.91 Å². The van der Waals surface area contributed by atoms with E-state index in [-0.39, 0.29) is 22.6 Å². The number of rotatable bonds is 3. The minimum Gasteiger partial charge on any atom is -0.504 e. The summed E-state index contributed by atoms with van der Waals surface area (Å²) in [5.41, 5.74) is 1.81. The van der Waals surface area contributed by atoms with Crippen LogP contribution in [0.4, 0.5) is 10.1 Å². The molecule has 170 valence electrons. The molecule has 33 heavy (non-hydrogen) atoms. The fraction of sp³-hybridized carbons (Fsp3) is 0.304. The number of hydrogen-bond acceptors (Lipinski definition) is 7. The molecule has 1 aliphatic rings. The molecule has 0 bridgehead atoms. The average molecular weight is 449 g/mol. The van der Waals surface area contributed by atoms with E-state index in [4.69, 9.17) is 0 Å². The minimum absolute atomic E-state index is 0.0564. The lowest BCUT2D eigenvalue weighted by Crippen LogP contribution is -2.49. The molecule has 5 rings (SSSR count). The maximum Gasteiger partial charge on any atom is 0.270 e. The van der Waals surface area contributed by atoms with Gasteiger partial charge in [-0.15, -0.1) is 0 Å². The van der Waals surface area contributed by atoms with Gasteiger partial charge in [0.1, 0.15) is 11.2 Å². The molecule has 2 aromatic carbocycles. The third-order valence-electron chi connectivity index (χ3n) is 5.92. The number of hydrogen-bond donors (Lipinski definition) is 3. The van der Waals surface area contributed by atoms with E-state index in [1.807, 2.05) is 18.2 Å². The van der Waals surface area contributed by atoms with Crippen molar-refractivity contribution in [2.45, 2.75) is 13.0 Å². The summed E-state index contributed by atoms with van der Waals surface area (Å²) in [7, 11) is 3.19. The molecule has 9 nitrogen and oxygen atoms in total. The van der Waals surface area contributed by atoms with Crippen LogP contribution in [-0.2, 0) is 7.05 Å². The lowest BCUT2D eigenvalue weighted by Gasteiger charge is -2.33. The van der Waals surface area contributed by atoms with Crippen molar-refractivity contribution in [2.24, 2.45) is 7.05 Å². The summed E-state index contributed by atoms with van der Waals surface area (Å²) in [6, 6.07) is 7.62. The van der Waals surface area contributed by atoms with Gasteiger partial charge < -0.3 is 20.6 Å². The van der Waals surface area contributed by atoms with Crippen molar-refractivity contribution in [3.05, 3.63) is 42.0 Å². The number of carbonyl (C=O) groups excluding carboxylic acids is 1. The molecular formula is C23H24FN7O2. The SMILES string of the molecule is CNC(=O)c1nc(-c2cc3cn(C)nc3c(F)c2O)nc2ccc(N3CCNC(C)C3)cc12. The molecule has 1 saturated heterocycles. The third kappa shape index (κ3) is 3.62. The van der Waals surface area contributed by atoms with Crippen LogP contribution in [0.5, 0.6) is 5.75 Å². The second kappa shape index (κ2) is 7.96. The highest BCUT2D eigenvalue weighted by atomic mass is 19.1. The van der Waals surface area contributed by atoms with Gasteiger partial charge in [0, 0.05) is 62.4 Å². The molecular weight excluding hydrogens is 425 g/mol. The van der Waals surface area contributed by atoms with E-state index < -0.39 is 17.5 Å². The first kappa shape index (κ1) is 21.1. The molecule has 1 fully saturated rings. The number of phenolic OH excluding ortho intramolecular Hbond substituents is 1. The molecule has 1 aliphatic heterocycles. The van der Waals surface area contributed by atoms with Crippen molar-refractivity contribution in [3.8, 4) is 17.1 Å². The highest BCUT2D eigenvalue weighted by Gasteiger charge is 2.23. The zero-order chi connectivity index (χ0) is 23.3. The molecule has 0 aliphatic carbocycles. The summed E-state index contributed by atoms with van der Waals surface area (Å²) in [6.07, 6.45) is 1.64. The van der Waals surface area contributed by atoms with E-state index in [2.05, 4.69) is 37.5 Å². The molecule has 4 aromatic rings. The van der Waals surface area contributed by atoms with E-state index >= 15 is 0 Å². The van der Waals surface area contributed by atoms with Gasteiger partial charge in [0.2, 0.25) is 0 Å². The number of aromatic nitrogens is 4. The Labute approximate surface area is 189 Å². The quantitative estimate of drug-likeness (QED) is 0.440. The molecule has 1 unspecified atom stereocenters. The number of anilines is 1. The van der Waals surface area contributed by atoms with E-state index in [0.29, 0.717) is 22.3 Å². The fourth-order valence-electron chi connectivity index (χ4n) is 4.30. The molecule has 0 saturated carbocycles. The van der Waals surface area contributed by atoms with Gasteiger partial charge in [0.05, 0.1) is 11.1 Å². The first-order valence-electron chi connectivity index (χ1n) is 10.7. The summed E-state index contributed by atoms with van der Waals surface area (Å²) >= 11 is 0. The number of halogens is 1. The van der Waals surface area contributed by atoms with Gasteiger partial charge in [-0.05, 0) is 31.2 Å². The summed E-state index contributed by atoms with van der Waals surface area (Å²) in [4.78, 5) is 24.0. The number of nitrogens with one attached hydrogen (secondary N) is 2. The first-order chi connectivity index (χ1) is 15.9. The van der Waals surface area contributed by atoms with E-state index in [1.54, 1.807) is 19.3 Å². The second-order valence-electron chi connectivity index (χ2n) is 8.30. The molecule has 10 heteroatoms. The monoisotopic (exact) mass is 449 g/mol. The van der Waals surface area contributed by atoms with Crippen LogP contribution in [0.1, 0.15) is 17.4 Å². The van der Waals surface area contributed by atoms with Gasteiger partial charge >= 0.3 is 0 Å².